The molecule has 0 radical (unpaired) electrons. The third kappa shape index (κ3) is 6.33. The van der Waals surface area contributed by atoms with Crippen molar-refractivity contribution in [1.29, 1.82) is 0 Å². The number of aromatic nitrogens is 1. The predicted molar refractivity (Wildman–Crippen MR) is 304 cm³/mol. The summed E-state index contributed by atoms with van der Waals surface area (Å²) >= 11 is 0. The Kier molecular flexibility index (Phi) is 8.97. The van der Waals surface area contributed by atoms with Crippen molar-refractivity contribution in [2.75, 3.05) is 4.90 Å². The minimum Gasteiger partial charge on any atom is -0.456 e. The molecule has 15 rings (SSSR count). The second kappa shape index (κ2) is 15.8. The maximum absolute atomic E-state index is 6.60. The summed E-state index contributed by atoms with van der Waals surface area (Å²) in [5.74, 6) is 0. The summed E-state index contributed by atoms with van der Waals surface area (Å²) in [6.07, 6.45) is 0. The Morgan fingerprint density at radius 3 is 1.56 bits per heavy atom. The smallest absolute Gasteiger partial charge is 0.136 e. The number of rotatable bonds is 7. The van der Waals surface area contributed by atoms with Crippen LogP contribution in [0.4, 0.5) is 17.1 Å². The van der Waals surface area contributed by atoms with Gasteiger partial charge < -0.3 is 18.3 Å². The highest BCUT2D eigenvalue weighted by Gasteiger charge is 2.36. The normalized spacial score (nSPS) is 12.9. The van der Waals surface area contributed by atoms with Gasteiger partial charge in [0.05, 0.1) is 11.0 Å². The lowest BCUT2D eigenvalue weighted by molar-refractivity contribution is 0.660. The van der Waals surface area contributed by atoms with Crippen molar-refractivity contribution in [2.45, 2.75) is 19.3 Å². The van der Waals surface area contributed by atoms with Gasteiger partial charge in [-0.1, -0.05) is 159 Å². The summed E-state index contributed by atoms with van der Waals surface area (Å²) in [4.78, 5) is 2.40. The lowest BCUT2D eigenvalue weighted by Crippen LogP contribution is -2.16. The minimum absolute atomic E-state index is 0.144. The summed E-state index contributed by atoms with van der Waals surface area (Å²) < 4.78 is 15.3. The van der Waals surface area contributed by atoms with E-state index in [1.807, 2.05) is 12.1 Å². The van der Waals surface area contributed by atoms with E-state index in [0.717, 1.165) is 94.4 Å². The van der Waals surface area contributed by atoms with E-state index in [-0.39, 0.29) is 5.41 Å². The zero-order chi connectivity index (χ0) is 48.4. The SMILES string of the molecule is CC1(C)c2ccccc2-c2ccc(N(c3ccc(-c4cccc5oc6ccccc6c45)cc3)c3ccc(-c4cccc5oc6ccc(-c7ccc8c(c7)c7ccccc7n8-c7ccccc7)cc6c45)cc3)cc21. The van der Waals surface area contributed by atoms with Crippen molar-refractivity contribution >= 4 is 82.7 Å². The van der Waals surface area contributed by atoms with Gasteiger partial charge in [0.1, 0.15) is 22.3 Å². The van der Waals surface area contributed by atoms with Crippen LogP contribution in [0.5, 0.6) is 0 Å². The van der Waals surface area contributed by atoms with E-state index in [0.29, 0.717) is 0 Å². The van der Waals surface area contributed by atoms with Gasteiger partial charge in [-0.2, -0.15) is 0 Å². The second-order valence-corrected chi connectivity index (χ2v) is 20.0. The van der Waals surface area contributed by atoms with Gasteiger partial charge in [-0.25, -0.2) is 0 Å². The van der Waals surface area contributed by atoms with Gasteiger partial charge >= 0.3 is 0 Å². The maximum atomic E-state index is 6.60. The molecule has 0 amide bonds. The third-order valence-corrected chi connectivity index (χ3v) is 15.6. The lowest BCUT2D eigenvalue weighted by Gasteiger charge is -2.28. The number of para-hydroxylation sites is 3. The summed E-state index contributed by atoms with van der Waals surface area (Å²) in [5.41, 5.74) is 22.4. The maximum Gasteiger partial charge on any atom is 0.136 e. The highest BCUT2D eigenvalue weighted by molar-refractivity contribution is 6.15. The summed E-state index contributed by atoms with van der Waals surface area (Å²) in [7, 11) is 0. The number of fused-ring (bicyclic) bond motifs is 12. The van der Waals surface area contributed by atoms with Crippen molar-refractivity contribution in [3.63, 3.8) is 0 Å². The first-order chi connectivity index (χ1) is 35.9. The molecule has 3 heterocycles. The Balaban J connectivity index is 0.832. The summed E-state index contributed by atoms with van der Waals surface area (Å²) in [6, 6.07) is 87.9. The van der Waals surface area contributed by atoms with Gasteiger partial charge in [0.25, 0.3) is 0 Å². The monoisotopic (exact) mass is 934 g/mol. The lowest BCUT2D eigenvalue weighted by atomic mass is 9.82. The number of nitrogens with zero attached hydrogens (tertiary/aromatic N) is 2. The van der Waals surface area contributed by atoms with Crippen LogP contribution in [0, 0.1) is 0 Å². The minimum atomic E-state index is -0.144. The Morgan fingerprint density at radius 1 is 0.329 bits per heavy atom. The van der Waals surface area contributed by atoms with Crippen LogP contribution in [0.2, 0.25) is 0 Å². The van der Waals surface area contributed by atoms with Crippen molar-refractivity contribution < 1.29 is 8.83 Å². The molecule has 0 unspecified atom stereocenters. The Labute approximate surface area is 422 Å². The van der Waals surface area contributed by atoms with Gasteiger partial charge in [0, 0.05) is 60.5 Å². The molecule has 4 heteroatoms. The van der Waals surface area contributed by atoms with Crippen molar-refractivity contribution in [1.82, 2.24) is 4.57 Å². The highest BCUT2D eigenvalue weighted by atomic mass is 16.3. The standard InChI is InChI=1S/C69H46N2O2/c1-69(2)59-21-9-6-16-53(59)54-37-36-50(42-60(54)69)70(48-32-26-43(27-33-48)51-19-12-24-65-67(51)56-18-8-11-23-63(56)72-65)49-34-28-44(29-35-49)52-20-13-25-66-68(52)58-41-46(31-39-64(58)73-66)45-30-38-62-57(40-45)55-17-7-10-22-61(55)71(62)47-14-4-3-5-15-47/h3-42H,1-2H3. The summed E-state index contributed by atoms with van der Waals surface area (Å²) in [5, 5.41) is 6.95. The van der Waals surface area contributed by atoms with E-state index in [2.05, 4.69) is 254 Å². The molecule has 4 nitrogen and oxygen atoms in total. The average Bonchev–Trinajstić information content (AvgIpc) is 4.19. The fourth-order valence-electron chi connectivity index (χ4n) is 12.1. The van der Waals surface area contributed by atoms with Crippen LogP contribution in [0.3, 0.4) is 0 Å². The quantitative estimate of drug-likeness (QED) is 0.160. The molecule has 0 bridgehead atoms. The molecule has 0 fully saturated rings. The van der Waals surface area contributed by atoms with Crippen LogP contribution in [-0.2, 0) is 5.41 Å². The first-order valence-corrected chi connectivity index (χ1v) is 25.1. The number of hydrogen-bond donors (Lipinski definition) is 0. The Hall–Kier alpha value is -9.38. The molecule has 0 atom stereocenters. The first-order valence-electron chi connectivity index (χ1n) is 25.1. The molecular weight excluding hydrogens is 889 g/mol. The van der Waals surface area contributed by atoms with Crippen molar-refractivity contribution in [3.05, 3.63) is 254 Å². The van der Waals surface area contributed by atoms with Crippen molar-refractivity contribution in [3.8, 4) is 50.2 Å². The van der Waals surface area contributed by atoms with Crippen LogP contribution < -0.4 is 4.90 Å². The van der Waals surface area contributed by atoms with E-state index in [1.54, 1.807) is 0 Å². The number of furan rings is 2. The first kappa shape index (κ1) is 41.4. The molecule has 0 aliphatic heterocycles. The third-order valence-electron chi connectivity index (χ3n) is 15.6. The van der Waals surface area contributed by atoms with E-state index in [9.17, 15) is 0 Å². The topological polar surface area (TPSA) is 34.5 Å². The van der Waals surface area contributed by atoms with Crippen LogP contribution >= 0.6 is 0 Å². The molecule has 73 heavy (non-hydrogen) atoms. The zero-order valence-electron chi connectivity index (χ0n) is 40.3. The molecule has 3 aromatic heterocycles. The Morgan fingerprint density at radius 2 is 0.836 bits per heavy atom. The van der Waals surface area contributed by atoms with Crippen LogP contribution in [0.1, 0.15) is 25.0 Å². The van der Waals surface area contributed by atoms with Crippen LogP contribution in [0.15, 0.2) is 251 Å². The van der Waals surface area contributed by atoms with Gasteiger partial charge in [0.15, 0.2) is 0 Å². The van der Waals surface area contributed by atoms with Gasteiger partial charge in [0.2, 0.25) is 0 Å². The zero-order valence-corrected chi connectivity index (χ0v) is 40.3. The molecule has 0 spiro atoms. The molecule has 1 aliphatic rings. The largest absolute Gasteiger partial charge is 0.456 e. The van der Waals surface area contributed by atoms with E-state index in [4.69, 9.17) is 8.83 Å². The number of anilines is 3. The number of hydrogen-bond acceptors (Lipinski definition) is 3. The molecule has 14 aromatic rings. The van der Waals surface area contributed by atoms with Gasteiger partial charge in [-0.05, 0) is 153 Å². The molecular formula is C69H46N2O2. The molecule has 0 N–H and O–H groups in total. The van der Waals surface area contributed by atoms with Gasteiger partial charge in [-0.15, -0.1) is 0 Å². The van der Waals surface area contributed by atoms with E-state index < -0.39 is 0 Å². The van der Waals surface area contributed by atoms with Crippen molar-refractivity contribution in [2.24, 2.45) is 0 Å². The summed E-state index contributed by atoms with van der Waals surface area (Å²) in [6.45, 7) is 4.70. The molecule has 11 aromatic carbocycles. The van der Waals surface area contributed by atoms with Crippen LogP contribution in [-0.4, -0.2) is 4.57 Å². The van der Waals surface area contributed by atoms with Crippen LogP contribution in [0.25, 0.3) is 116 Å². The van der Waals surface area contributed by atoms with E-state index in [1.165, 1.54) is 49.6 Å². The highest BCUT2D eigenvalue weighted by Crippen LogP contribution is 2.51. The predicted octanol–water partition coefficient (Wildman–Crippen LogP) is 19.4. The second-order valence-electron chi connectivity index (χ2n) is 20.0. The Bertz CT molecular complexity index is 4510. The fraction of sp³-hybridized carbons (Fsp3) is 0.0435. The molecule has 344 valence electrons. The fourth-order valence-corrected chi connectivity index (χ4v) is 12.1. The number of benzene rings is 11. The molecule has 0 saturated carbocycles. The van der Waals surface area contributed by atoms with Gasteiger partial charge in [-0.3, -0.25) is 0 Å². The molecule has 0 saturated heterocycles. The van der Waals surface area contributed by atoms with E-state index >= 15 is 0 Å². The average molecular weight is 935 g/mol. The molecule has 1 aliphatic carbocycles.